The minimum absolute atomic E-state index is 0.145. The van der Waals surface area contributed by atoms with Crippen molar-refractivity contribution in [3.63, 3.8) is 0 Å². The molecule has 9 heteroatoms. The van der Waals surface area contributed by atoms with E-state index in [1.165, 1.54) is 31.7 Å². The predicted molar refractivity (Wildman–Crippen MR) is 140 cm³/mol. The van der Waals surface area contributed by atoms with Crippen LogP contribution in [0.25, 0.3) is 10.9 Å². The van der Waals surface area contributed by atoms with Crippen LogP contribution in [-0.4, -0.2) is 52.9 Å². The zero-order chi connectivity index (χ0) is 24.8. The fourth-order valence-electron chi connectivity index (χ4n) is 4.29. The third-order valence-corrected chi connectivity index (χ3v) is 7.59. The Labute approximate surface area is 207 Å². The molecule has 2 aromatic carbocycles. The molecule has 0 aliphatic carbocycles. The van der Waals surface area contributed by atoms with Gasteiger partial charge in [-0.15, -0.1) is 0 Å². The third kappa shape index (κ3) is 5.56. The van der Waals surface area contributed by atoms with Crippen molar-refractivity contribution in [2.75, 3.05) is 44.5 Å². The molecule has 4 rings (SSSR count). The summed E-state index contributed by atoms with van der Waals surface area (Å²) in [6.07, 6.45) is 2.02. The van der Waals surface area contributed by atoms with E-state index in [1.807, 2.05) is 0 Å². The van der Waals surface area contributed by atoms with Crippen LogP contribution in [0.3, 0.4) is 0 Å². The van der Waals surface area contributed by atoms with Crippen LogP contribution in [0.15, 0.2) is 47.4 Å². The fourth-order valence-corrected chi connectivity index (χ4v) is 5.04. The zero-order valence-corrected chi connectivity index (χ0v) is 21.2. The molecule has 0 radical (unpaired) electrons. The molecule has 35 heavy (non-hydrogen) atoms. The van der Waals surface area contributed by atoms with Gasteiger partial charge in [-0.25, -0.2) is 13.1 Å². The molecule has 1 saturated heterocycles. The first-order chi connectivity index (χ1) is 17.0. The van der Waals surface area contributed by atoms with E-state index >= 15 is 0 Å². The normalized spacial score (nSPS) is 14.4. The van der Waals surface area contributed by atoms with Gasteiger partial charge in [0.15, 0.2) is 0 Å². The molecule has 0 amide bonds. The predicted octanol–water partition coefficient (Wildman–Crippen LogP) is 3.63. The van der Waals surface area contributed by atoms with Crippen LogP contribution in [0.5, 0.6) is 5.75 Å². The van der Waals surface area contributed by atoms with Gasteiger partial charge in [-0.2, -0.15) is 0 Å². The molecule has 1 fully saturated rings. The summed E-state index contributed by atoms with van der Waals surface area (Å²) in [5, 5.41) is 8.08. The van der Waals surface area contributed by atoms with Gasteiger partial charge >= 0.3 is 0 Å². The first kappa shape index (κ1) is 24.9. The van der Waals surface area contributed by atoms with Crippen molar-refractivity contribution < 1.29 is 17.9 Å². The summed E-state index contributed by atoms with van der Waals surface area (Å²) in [6, 6.07) is 13.6. The van der Waals surface area contributed by atoms with Crippen molar-refractivity contribution in [3.05, 3.63) is 48.2 Å². The number of aryl methyl sites for hydroxylation is 1. The number of fused-ring (bicyclic) bond motifs is 1. The highest BCUT2D eigenvalue weighted by molar-refractivity contribution is 7.89. The zero-order valence-electron chi connectivity index (χ0n) is 20.3. The maximum Gasteiger partial charge on any atom is 0.240 e. The largest absolute Gasteiger partial charge is 0.495 e. The number of sulfonamides is 1. The molecule has 0 saturated carbocycles. The Balaban J connectivity index is 1.52. The van der Waals surface area contributed by atoms with Crippen molar-refractivity contribution in [1.82, 2.24) is 9.29 Å². The molecule has 1 aliphatic heterocycles. The van der Waals surface area contributed by atoms with Crippen molar-refractivity contribution in [3.8, 4) is 17.6 Å². The van der Waals surface area contributed by atoms with E-state index in [2.05, 4.69) is 63.0 Å². The first-order valence-corrected chi connectivity index (χ1v) is 13.3. The van der Waals surface area contributed by atoms with Crippen LogP contribution < -0.4 is 20.1 Å². The molecule has 1 aliphatic rings. The minimum atomic E-state index is -3.54. The Hall–Kier alpha value is -3.19. The van der Waals surface area contributed by atoms with E-state index in [-0.39, 0.29) is 4.90 Å². The highest BCUT2D eigenvalue weighted by Gasteiger charge is 2.17. The molecule has 3 N–H and O–H groups in total. The number of ether oxygens (including phenoxy) is 2. The Bertz CT molecular complexity index is 1350. The number of aromatic nitrogens is 1. The van der Waals surface area contributed by atoms with E-state index in [4.69, 9.17) is 9.47 Å². The summed E-state index contributed by atoms with van der Waals surface area (Å²) in [5.41, 5.74) is 3.91. The van der Waals surface area contributed by atoms with Gasteiger partial charge in [0.25, 0.3) is 0 Å². The topological polar surface area (TPSA) is 93.6 Å². The smallest absolute Gasteiger partial charge is 0.240 e. The van der Waals surface area contributed by atoms with Gasteiger partial charge < -0.3 is 24.7 Å². The molecular weight excluding hydrogens is 464 g/mol. The van der Waals surface area contributed by atoms with E-state index in [0.717, 1.165) is 49.5 Å². The second-order valence-electron chi connectivity index (χ2n) is 8.27. The molecule has 186 valence electrons. The van der Waals surface area contributed by atoms with Gasteiger partial charge in [-0.3, -0.25) is 0 Å². The van der Waals surface area contributed by atoms with E-state index < -0.39 is 10.0 Å². The van der Waals surface area contributed by atoms with Crippen LogP contribution in [-0.2, 0) is 21.3 Å². The third-order valence-electron chi connectivity index (χ3n) is 6.18. The second kappa shape index (κ2) is 11.0. The maximum absolute atomic E-state index is 12.0. The second-order valence-corrected chi connectivity index (χ2v) is 10.2. The molecule has 1 aromatic heterocycles. The minimum Gasteiger partial charge on any atom is -0.495 e. The lowest BCUT2D eigenvalue weighted by molar-refractivity contribution is 0.0905. The van der Waals surface area contributed by atoms with Gasteiger partial charge in [0.2, 0.25) is 10.0 Å². The summed E-state index contributed by atoms with van der Waals surface area (Å²) in [4.78, 5) is 0.145. The van der Waals surface area contributed by atoms with Gasteiger partial charge in [0.05, 0.1) is 35.4 Å². The number of nitrogens with zero attached hydrogens (tertiary/aromatic N) is 1. The number of hydrogen-bond donors (Lipinski definition) is 3. The van der Waals surface area contributed by atoms with E-state index in [0.29, 0.717) is 24.0 Å². The van der Waals surface area contributed by atoms with Crippen molar-refractivity contribution in [1.29, 1.82) is 0 Å². The van der Waals surface area contributed by atoms with Crippen LogP contribution in [0, 0.1) is 11.8 Å². The van der Waals surface area contributed by atoms with E-state index in [9.17, 15) is 8.42 Å². The molecule has 2 heterocycles. The Morgan fingerprint density at radius 2 is 1.94 bits per heavy atom. The molecule has 3 aromatic rings. The highest BCUT2D eigenvalue weighted by atomic mass is 32.2. The van der Waals surface area contributed by atoms with Crippen molar-refractivity contribution >= 4 is 32.3 Å². The molecular formula is C26H32N4O4S. The summed E-state index contributed by atoms with van der Waals surface area (Å²) < 4.78 is 39.5. The maximum atomic E-state index is 12.0. The first-order valence-electron chi connectivity index (χ1n) is 11.8. The summed E-state index contributed by atoms with van der Waals surface area (Å²) in [5.74, 6) is 6.92. The van der Waals surface area contributed by atoms with Gasteiger partial charge in [0.1, 0.15) is 5.75 Å². The Kier molecular flexibility index (Phi) is 7.86. The fraction of sp³-hybridized carbons (Fsp3) is 0.385. The monoisotopic (exact) mass is 496 g/mol. The van der Waals surface area contributed by atoms with Gasteiger partial charge in [-0.05, 0) is 63.1 Å². The van der Waals surface area contributed by atoms with Crippen LogP contribution in [0.2, 0.25) is 0 Å². The molecule has 0 atom stereocenters. The van der Waals surface area contributed by atoms with Crippen LogP contribution in [0.4, 0.5) is 11.4 Å². The van der Waals surface area contributed by atoms with E-state index in [1.54, 1.807) is 6.07 Å². The quantitative estimate of drug-likeness (QED) is 0.413. The Morgan fingerprint density at radius 3 is 2.66 bits per heavy atom. The number of methoxy groups -OCH3 is 1. The standard InChI is InChI=1S/C26H32N4O4S/c1-4-30-20(17-22-23(8-5-9-25(22)30)29-19-12-15-34-16-13-19)7-6-14-28-24-11-10-21(18-26(24)33-3)35(31,32)27-2/h5,8-11,17-19,27-29H,4,12-16H2,1-3H3. The number of benzene rings is 2. The van der Waals surface area contributed by atoms with Crippen molar-refractivity contribution in [2.45, 2.75) is 37.2 Å². The average Bonchev–Trinajstić information content (AvgIpc) is 3.25. The van der Waals surface area contributed by atoms with Gasteiger partial charge in [-0.1, -0.05) is 12.0 Å². The lowest BCUT2D eigenvalue weighted by atomic mass is 10.1. The molecule has 0 bridgehead atoms. The molecule has 8 nitrogen and oxygen atoms in total. The number of rotatable bonds is 8. The average molecular weight is 497 g/mol. The molecule has 0 spiro atoms. The summed E-state index contributed by atoms with van der Waals surface area (Å²) in [6.45, 7) is 4.91. The number of anilines is 2. The summed E-state index contributed by atoms with van der Waals surface area (Å²) in [7, 11) is -0.657. The molecule has 0 unspecified atom stereocenters. The van der Waals surface area contributed by atoms with Gasteiger partial charge in [0, 0.05) is 42.9 Å². The highest BCUT2D eigenvalue weighted by Crippen LogP contribution is 2.29. The summed E-state index contributed by atoms with van der Waals surface area (Å²) >= 11 is 0. The number of nitrogens with one attached hydrogen (secondary N) is 3. The number of hydrogen-bond acceptors (Lipinski definition) is 6. The Morgan fingerprint density at radius 1 is 1.14 bits per heavy atom. The van der Waals surface area contributed by atoms with Crippen LogP contribution >= 0.6 is 0 Å². The van der Waals surface area contributed by atoms with Crippen molar-refractivity contribution in [2.24, 2.45) is 0 Å². The lowest BCUT2D eigenvalue weighted by Gasteiger charge is -2.24. The van der Waals surface area contributed by atoms with Crippen LogP contribution in [0.1, 0.15) is 25.5 Å². The SMILES string of the molecule is CCn1c(C#CCNc2ccc(S(=O)(=O)NC)cc2OC)cc2c(NC3CCOCC3)cccc21. The lowest BCUT2D eigenvalue weighted by Crippen LogP contribution is -2.27.